The van der Waals surface area contributed by atoms with Gasteiger partial charge >= 0.3 is 0 Å². The minimum absolute atomic E-state index is 0.107. The summed E-state index contributed by atoms with van der Waals surface area (Å²) in [5.41, 5.74) is 0.821. The number of hydrogen-bond acceptors (Lipinski definition) is 3. The number of benzene rings is 2. The van der Waals surface area contributed by atoms with Crippen LogP contribution < -0.4 is 10.6 Å². The number of halogens is 3. The Balaban J connectivity index is 1.37. The highest BCUT2D eigenvalue weighted by Crippen LogP contribution is 2.26. The van der Waals surface area contributed by atoms with Gasteiger partial charge in [-0.25, -0.2) is 4.39 Å². The van der Waals surface area contributed by atoms with Gasteiger partial charge in [-0.2, -0.15) is 0 Å². The maximum absolute atomic E-state index is 13.2. The third-order valence-electron chi connectivity index (χ3n) is 6.76. The number of carbonyl (C=O) groups is 3. The van der Waals surface area contributed by atoms with E-state index in [9.17, 15) is 18.8 Å². The summed E-state index contributed by atoms with van der Waals surface area (Å²) < 4.78 is 13.2. The summed E-state index contributed by atoms with van der Waals surface area (Å²) in [5.74, 6) is -1.30. The van der Waals surface area contributed by atoms with Gasteiger partial charge in [0.15, 0.2) is 0 Å². The number of likely N-dealkylation sites (tertiary alicyclic amines) is 1. The van der Waals surface area contributed by atoms with Gasteiger partial charge in [-0.1, -0.05) is 36.0 Å². The molecule has 2 aliphatic rings. The summed E-state index contributed by atoms with van der Waals surface area (Å²) in [5, 5.41) is 6.83. The van der Waals surface area contributed by atoms with Crippen LogP contribution in [0.1, 0.15) is 59.2 Å². The van der Waals surface area contributed by atoms with E-state index in [0.717, 1.165) is 32.1 Å². The smallest absolute Gasteiger partial charge is 0.253 e. The lowest BCUT2D eigenvalue weighted by molar-refractivity contribution is -0.127. The number of amides is 3. The Kier molecular flexibility index (Phi) is 8.29. The minimum Gasteiger partial charge on any atom is -0.351 e. The maximum Gasteiger partial charge on any atom is 0.253 e. The van der Waals surface area contributed by atoms with Gasteiger partial charge in [0.1, 0.15) is 5.82 Å². The molecule has 2 N–H and O–H groups in total. The number of hydrogen-bond donors (Lipinski definition) is 2. The Morgan fingerprint density at radius 2 is 1.49 bits per heavy atom. The summed E-state index contributed by atoms with van der Waals surface area (Å²) in [6, 6.07) is 9.78. The highest BCUT2D eigenvalue weighted by atomic mass is 35.5. The van der Waals surface area contributed by atoms with Crippen LogP contribution >= 0.6 is 23.2 Å². The second-order valence-electron chi connectivity index (χ2n) is 9.21. The van der Waals surface area contributed by atoms with E-state index in [2.05, 4.69) is 10.6 Å². The average molecular weight is 520 g/mol. The number of nitrogens with zero attached hydrogens (tertiary/aromatic N) is 1. The van der Waals surface area contributed by atoms with Crippen molar-refractivity contribution in [3.05, 3.63) is 69.5 Å². The second-order valence-corrected chi connectivity index (χ2v) is 10.0. The van der Waals surface area contributed by atoms with Crippen LogP contribution in [0.3, 0.4) is 0 Å². The van der Waals surface area contributed by atoms with Crippen LogP contribution in [-0.4, -0.2) is 47.8 Å². The van der Waals surface area contributed by atoms with Crippen molar-refractivity contribution in [1.29, 1.82) is 0 Å². The molecular formula is C26H28Cl2FN3O3. The molecule has 1 aliphatic carbocycles. The van der Waals surface area contributed by atoms with Crippen LogP contribution in [0.15, 0.2) is 42.5 Å². The van der Waals surface area contributed by atoms with E-state index >= 15 is 0 Å². The second kappa shape index (κ2) is 11.4. The maximum atomic E-state index is 13.2. The average Bonchev–Trinajstić information content (AvgIpc) is 2.87. The molecule has 1 aliphatic heterocycles. The Hall–Kier alpha value is -2.64. The van der Waals surface area contributed by atoms with Crippen molar-refractivity contribution in [2.75, 3.05) is 13.1 Å². The van der Waals surface area contributed by atoms with E-state index in [1.807, 2.05) is 0 Å². The van der Waals surface area contributed by atoms with Gasteiger partial charge in [0.2, 0.25) is 5.91 Å². The Morgan fingerprint density at radius 3 is 2.17 bits per heavy atom. The summed E-state index contributed by atoms with van der Waals surface area (Å²) >= 11 is 12.0. The lowest BCUT2D eigenvalue weighted by Crippen LogP contribution is -2.55. The fraction of sp³-hybridized carbons (Fsp3) is 0.423. The molecule has 186 valence electrons. The van der Waals surface area contributed by atoms with Crippen molar-refractivity contribution in [3.63, 3.8) is 0 Å². The SMILES string of the molecule is O=C(N[C@@H]1CCCC[C@H]1NC(=O)C1CCCN(C(=O)c2ccc(Cl)c(Cl)c2)C1)c1ccc(F)cc1. The van der Waals surface area contributed by atoms with Crippen molar-refractivity contribution < 1.29 is 18.8 Å². The van der Waals surface area contributed by atoms with E-state index < -0.39 is 5.82 Å². The van der Waals surface area contributed by atoms with Crippen LogP contribution in [0.2, 0.25) is 10.0 Å². The summed E-state index contributed by atoms with van der Waals surface area (Å²) in [7, 11) is 0. The zero-order valence-corrected chi connectivity index (χ0v) is 20.7. The lowest BCUT2D eigenvalue weighted by atomic mass is 9.88. The fourth-order valence-electron chi connectivity index (χ4n) is 4.82. The third kappa shape index (κ3) is 6.33. The van der Waals surface area contributed by atoms with Crippen molar-refractivity contribution in [2.45, 2.75) is 50.6 Å². The minimum atomic E-state index is -0.400. The Labute approximate surface area is 214 Å². The van der Waals surface area contributed by atoms with E-state index in [1.54, 1.807) is 23.1 Å². The molecule has 3 atom stereocenters. The molecule has 0 bridgehead atoms. The van der Waals surface area contributed by atoms with Gasteiger partial charge in [-0.05, 0) is 68.1 Å². The van der Waals surface area contributed by atoms with Gasteiger partial charge in [-0.3, -0.25) is 14.4 Å². The normalized spacial score (nSPS) is 22.4. The molecule has 1 saturated heterocycles. The monoisotopic (exact) mass is 519 g/mol. The molecule has 4 rings (SSSR count). The fourth-order valence-corrected chi connectivity index (χ4v) is 5.12. The topological polar surface area (TPSA) is 78.5 Å². The first-order valence-corrected chi connectivity index (χ1v) is 12.7. The molecule has 6 nitrogen and oxygen atoms in total. The molecule has 2 aromatic carbocycles. The van der Waals surface area contributed by atoms with Crippen LogP contribution in [0.25, 0.3) is 0 Å². The number of rotatable bonds is 5. The first-order valence-electron chi connectivity index (χ1n) is 11.9. The summed E-state index contributed by atoms with van der Waals surface area (Å²) in [6.45, 7) is 0.896. The first kappa shape index (κ1) is 25.5. The number of carbonyl (C=O) groups excluding carboxylic acids is 3. The zero-order chi connectivity index (χ0) is 24.9. The van der Waals surface area contributed by atoms with Crippen LogP contribution in [0.5, 0.6) is 0 Å². The van der Waals surface area contributed by atoms with E-state index in [0.29, 0.717) is 40.7 Å². The Bertz CT molecular complexity index is 1100. The summed E-state index contributed by atoms with van der Waals surface area (Å²) in [4.78, 5) is 40.5. The predicted octanol–water partition coefficient (Wildman–Crippen LogP) is 4.84. The highest BCUT2D eigenvalue weighted by Gasteiger charge is 2.33. The molecule has 1 unspecified atom stereocenters. The molecule has 35 heavy (non-hydrogen) atoms. The molecule has 2 aromatic rings. The van der Waals surface area contributed by atoms with Crippen LogP contribution in [0.4, 0.5) is 4.39 Å². The van der Waals surface area contributed by atoms with Crippen molar-refractivity contribution in [3.8, 4) is 0 Å². The van der Waals surface area contributed by atoms with Crippen molar-refractivity contribution in [2.24, 2.45) is 5.92 Å². The van der Waals surface area contributed by atoms with Crippen LogP contribution in [0, 0.1) is 11.7 Å². The number of piperidine rings is 1. The third-order valence-corrected chi connectivity index (χ3v) is 7.50. The molecule has 9 heteroatoms. The van der Waals surface area contributed by atoms with E-state index in [-0.39, 0.29) is 35.7 Å². The Morgan fingerprint density at radius 1 is 0.829 bits per heavy atom. The zero-order valence-electron chi connectivity index (χ0n) is 19.2. The van der Waals surface area contributed by atoms with Gasteiger partial charge in [-0.15, -0.1) is 0 Å². The highest BCUT2D eigenvalue weighted by molar-refractivity contribution is 6.42. The first-order chi connectivity index (χ1) is 16.8. The van der Waals surface area contributed by atoms with Gasteiger partial charge in [0.25, 0.3) is 11.8 Å². The van der Waals surface area contributed by atoms with E-state index in [1.165, 1.54) is 24.3 Å². The molecule has 1 heterocycles. The molecule has 1 saturated carbocycles. The quantitative estimate of drug-likeness (QED) is 0.592. The summed E-state index contributed by atoms with van der Waals surface area (Å²) in [6.07, 6.45) is 4.84. The molecule has 0 radical (unpaired) electrons. The molecule has 2 fully saturated rings. The van der Waals surface area contributed by atoms with Gasteiger partial charge in [0, 0.05) is 36.3 Å². The molecule has 0 aromatic heterocycles. The number of nitrogens with one attached hydrogen (secondary N) is 2. The molecule has 3 amide bonds. The standard InChI is InChI=1S/C26H28Cl2FN3O3/c27-20-12-9-17(14-21(20)28)26(35)32-13-3-4-18(15-32)25(34)31-23-6-2-1-5-22(23)30-24(33)16-7-10-19(29)11-8-16/h7-12,14,18,22-23H,1-6,13,15H2,(H,30,33)(H,31,34)/t18?,22-,23-/m1/s1. The van der Waals surface area contributed by atoms with Gasteiger partial charge < -0.3 is 15.5 Å². The van der Waals surface area contributed by atoms with Crippen molar-refractivity contribution >= 4 is 40.9 Å². The largest absolute Gasteiger partial charge is 0.351 e. The molecule has 0 spiro atoms. The predicted molar refractivity (Wildman–Crippen MR) is 133 cm³/mol. The van der Waals surface area contributed by atoms with Crippen LogP contribution in [-0.2, 0) is 4.79 Å². The van der Waals surface area contributed by atoms with Gasteiger partial charge in [0.05, 0.1) is 16.0 Å². The van der Waals surface area contributed by atoms with E-state index in [4.69, 9.17) is 23.2 Å². The molecular weight excluding hydrogens is 492 g/mol. The van der Waals surface area contributed by atoms with Crippen molar-refractivity contribution in [1.82, 2.24) is 15.5 Å². The lowest BCUT2D eigenvalue weighted by Gasteiger charge is -2.36.